The summed E-state index contributed by atoms with van der Waals surface area (Å²) in [6.45, 7) is 1.48. The van der Waals surface area contributed by atoms with Gasteiger partial charge in [-0.2, -0.15) is 5.10 Å². The van der Waals surface area contributed by atoms with Gasteiger partial charge in [0.25, 0.3) is 0 Å². The van der Waals surface area contributed by atoms with Crippen molar-refractivity contribution in [1.29, 1.82) is 0 Å². The molecule has 92 valence electrons. The van der Waals surface area contributed by atoms with Crippen LogP contribution in [-0.2, 0) is 21.3 Å². The second-order valence-corrected chi connectivity index (χ2v) is 4.89. The Balaban J connectivity index is 2.66. The van der Waals surface area contributed by atoms with E-state index >= 15 is 0 Å². The molecule has 0 unspecified atom stereocenters. The van der Waals surface area contributed by atoms with Crippen molar-refractivity contribution in [3.63, 3.8) is 0 Å². The second kappa shape index (κ2) is 5.94. The van der Waals surface area contributed by atoms with Gasteiger partial charge in [-0.05, 0) is 0 Å². The topological polar surface area (TPSA) is 99.2 Å². The maximum Gasteiger partial charge on any atom is 0.243 e. The molecule has 0 aromatic carbocycles. The van der Waals surface area contributed by atoms with E-state index in [1.54, 1.807) is 0 Å². The number of hydrogen-bond donors (Lipinski definition) is 2. The van der Waals surface area contributed by atoms with Crippen LogP contribution in [0.25, 0.3) is 0 Å². The highest BCUT2D eigenvalue weighted by molar-refractivity contribution is 7.89. The summed E-state index contributed by atoms with van der Waals surface area (Å²) >= 11 is 0. The van der Waals surface area contributed by atoms with Gasteiger partial charge >= 0.3 is 0 Å². The van der Waals surface area contributed by atoms with Gasteiger partial charge in [-0.25, -0.2) is 13.1 Å². The molecule has 0 aliphatic heterocycles. The smallest absolute Gasteiger partial charge is 0.243 e. The van der Waals surface area contributed by atoms with E-state index in [2.05, 4.69) is 9.82 Å². The van der Waals surface area contributed by atoms with Crippen LogP contribution in [0.15, 0.2) is 17.3 Å². The third kappa shape index (κ3) is 3.56. The van der Waals surface area contributed by atoms with Crippen molar-refractivity contribution in [3.05, 3.63) is 12.4 Å². The number of nitrogens with one attached hydrogen (secondary N) is 1. The van der Waals surface area contributed by atoms with Gasteiger partial charge in [-0.3, -0.25) is 4.68 Å². The molecule has 0 fully saturated rings. The van der Waals surface area contributed by atoms with Crippen molar-refractivity contribution in [1.82, 2.24) is 14.5 Å². The first-order chi connectivity index (χ1) is 7.60. The summed E-state index contributed by atoms with van der Waals surface area (Å²) < 4.78 is 32.0. The molecule has 0 aliphatic rings. The third-order valence-corrected chi connectivity index (χ3v) is 3.29. The zero-order valence-corrected chi connectivity index (χ0v) is 9.90. The minimum absolute atomic E-state index is 0.136. The van der Waals surface area contributed by atoms with Crippen molar-refractivity contribution in [3.8, 4) is 0 Å². The first-order valence-corrected chi connectivity index (χ1v) is 6.29. The molecule has 16 heavy (non-hydrogen) atoms. The number of aromatic nitrogens is 2. The largest absolute Gasteiger partial charge is 0.383 e. The number of sulfonamides is 1. The Morgan fingerprint density at radius 2 is 2.38 bits per heavy atom. The standard InChI is InChI=1S/C8H16N4O3S/c1-15-5-3-11-16(13,14)8-6-10-12(7-8)4-2-9/h6-7,11H,2-5,9H2,1H3. The fraction of sp³-hybridized carbons (Fsp3) is 0.625. The molecule has 7 nitrogen and oxygen atoms in total. The molecule has 0 saturated heterocycles. The zero-order chi connectivity index (χ0) is 12.0. The molecule has 0 amide bonds. The Hall–Kier alpha value is -0.960. The highest BCUT2D eigenvalue weighted by Crippen LogP contribution is 2.05. The van der Waals surface area contributed by atoms with Crippen molar-refractivity contribution < 1.29 is 13.2 Å². The first kappa shape index (κ1) is 13.1. The highest BCUT2D eigenvalue weighted by atomic mass is 32.2. The number of nitrogens with zero attached hydrogens (tertiary/aromatic N) is 2. The number of nitrogens with two attached hydrogens (primary N) is 1. The predicted molar refractivity (Wildman–Crippen MR) is 58.3 cm³/mol. The summed E-state index contributed by atoms with van der Waals surface area (Å²) in [4.78, 5) is 0.136. The molecule has 0 saturated carbocycles. The number of rotatable bonds is 7. The summed E-state index contributed by atoms with van der Waals surface area (Å²) in [5.41, 5.74) is 5.33. The van der Waals surface area contributed by atoms with Gasteiger partial charge in [-0.15, -0.1) is 0 Å². The van der Waals surface area contributed by atoms with E-state index < -0.39 is 10.0 Å². The maximum atomic E-state index is 11.7. The molecule has 0 radical (unpaired) electrons. The van der Waals surface area contributed by atoms with Crippen molar-refractivity contribution in [2.45, 2.75) is 11.4 Å². The molecule has 0 atom stereocenters. The van der Waals surface area contributed by atoms with Gasteiger partial charge in [0.05, 0.1) is 19.3 Å². The Bertz CT molecular complexity index is 415. The lowest BCUT2D eigenvalue weighted by Crippen LogP contribution is -2.26. The van der Waals surface area contributed by atoms with Crippen LogP contribution in [0.3, 0.4) is 0 Å². The summed E-state index contributed by atoms with van der Waals surface area (Å²) in [5, 5.41) is 3.89. The van der Waals surface area contributed by atoms with Crippen LogP contribution in [0, 0.1) is 0 Å². The minimum Gasteiger partial charge on any atom is -0.383 e. The molecule has 3 N–H and O–H groups in total. The van der Waals surface area contributed by atoms with E-state index in [0.717, 1.165) is 0 Å². The van der Waals surface area contributed by atoms with Crippen LogP contribution in [-0.4, -0.2) is 45.0 Å². The van der Waals surface area contributed by atoms with E-state index in [-0.39, 0.29) is 11.4 Å². The lowest BCUT2D eigenvalue weighted by molar-refractivity contribution is 0.204. The highest BCUT2D eigenvalue weighted by Gasteiger charge is 2.15. The van der Waals surface area contributed by atoms with E-state index in [1.165, 1.54) is 24.2 Å². The summed E-state index contributed by atoms with van der Waals surface area (Å²) in [7, 11) is -1.98. The fourth-order valence-corrected chi connectivity index (χ4v) is 2.06. The molecule has 1 aromatic heterocycles. The molecule has 1 aromatic rings. The number of hydrogen-bond acceptors (Lipinski definition) is 5. The Morgan fingerprint density at radius 1 is 1.62 bits per heavy atom. The van der Waals surface area contributed by atoms with Gasteiger partial charge < -0.3 is 10.5 Å². The van der Waals surface area contributed by atoms with Crippen molar-refractivity contribution >= 4 is 10.0 Å². The van der Waals surface area contributed by atoms with Gasteiger partial charge in [0, 0.05) is 26.4 Å². The molecular weight excluding hydrogens is 232 g/mol. The second-order valence-electron chi connectivity index (χ2n) is 3.12. The quantitative estimate of drug-likeness (QED) is 0.588. The van der Waals surface area contributed by atoms with Gasteiger partial charge in [0.1, 0.15) is 4.90 Å². The summed E-state index contributed by atoms with van der Waals surface area (Å²) in [5.74, 6) is 0. The van der Waals surface area contributed by atoms with Gasteiger partial charge in [0.2, 0.25) is 10.0 Å². The zero-order valence-electron chi connectivity index (χ0n) is 9.09. The average Bonchev–Trinajstić information content (AvgIpc) is 2.68. The fourth-order valence-electron chi connectivity index (χ4n) is 1.10. The molecule has 0 aliphatic carbocycles. The normalized spacial score (nSPS) is 11.9. The predicted octanol–water partition coefficient (Wildman–Crippen LogP) is -1.23. The molecule has 1 heterocycles. The van der Waals surface area contributed by atoms with Crippen LogP contribution < -0.4 is 10.5 Å². The Labute approximate surface area is 94.6 Å². The van der Waals surface area contributed by atoms with Crippen molar-refractivity contribution in [2.75, 3.05) is 26.8 Å². The van der Waals surface area contributed by atoms with Crippen LogP contribution in [0.2, 0.25) is 0 Å². The average molecular weight is 248 g/mol. The molecule has 1 rings (SSSR count). The first-order valence-electron chi connectivity index (χ1n) is 4.81. The minimum atomic E-state index is -3.48. The Morgan fingerprint density at radius 3 is 3.00 bits per heavy atom. The number of ether oxygens (including phenoxy) is 1. The van der Waals surface area contributed by atoms with Crippen molar-refractivity contribution in [2.24, 2.45) is 5.73 Å². The third-order valence-electron chi connectivity index (χ3n) is 1.88. The van der Waals surface area contributed by atoms with E-state index in [1.807, 2.05) is 0 Å². The SMILES string of the molecule is COCCNS(=O)(=O)c1cnn(CCN)c1. The Kier molecular flexibility index (Phi) is 4.87. The molecular formula is C8H16N4O3S. The van der Waals surface area contributed by atoms with E-state index in [9.17, 15) is 8.42 Å². The van der Waals surface area contributed by atoms with E-state index in [4.69, 9.17) is 10.5 Å². The summed E-state index contributed by atoms with van der Waals surface area (Å²) in [6, 6.07) is 0. The van der Waals surface area contributed by atoms with Crippen LogP contribution in [0.4, 0.5) is 0 Å². The lowest BCUT2D eigenvalue weighted by atomic mass is 10.6. The molecule has 0 spiro atoms. The lowest BCUT2D eigenvalue weighted by Gasteiger charge is -2.03. The monoisotopic (exact) mass is 248 g/mol. The van der Waals surface area contributed by atoms with Crippen LogP contribution >= 0.6 is 0 Å². The molecule has 0 bridgehead atoms. The number of methoxy groups -OCH3 is 1. The van der Waals surface area contributed by atoms with Gasteiger partial charge in [-0.1, -0.05) is 0 Å². The maximum absolute atomic E-state index is 11.7. The van der Waals surface area contributed by atoms with E-state index in [0.29, 0.717) is 19.7 Å². The molecule has 8 heteroatoms. The van der Waals surface area contributed by atoms with Crippen LogP contribution in [0.5, 0.6) is 0 Å². The summed E-state index contributed by atoms with van der Waals surface area (Å²) in [6.07, 6.45) is 2.74. The van der Waals surface area contributed by atoms with Gasteiger partial charge in [0.15, 0.2) is 0 Å². The van der Waals surface area contributed by atoms with Crippen LogP contribution in [0.1, 0.15) is 0 Å².